The van der Waals surface area contributed by atoms with Crippen LogP contribution in [0.3, 0.4) is 0 Å². The number of aromatic nitrogens is 3. The van der Waals surface area contributed by atoms with Crippen LogP contribution in [0.2, 0.25) is 0 Å². The van der Waals surface area contributed by atoms with Gasteiger partial charge in [0.2, 0.25) is 0 Å². The van der Waals surface area contributed by atoms with E-state index in [1.807, 2.05) is 59.3 Å². The van der Waals surface area contributed by atoms with Crippen LogP contribution in [0.25, 0.3) is 11.0 Å². The quantitative estimate of drug-likeness (QED) is 0.468. The Balaban J connectivity index is 1.27. The summed E-state index contributed by atoms with van der Waals surface area (Å²) in [5.74, 6) is -0.337. The molecule has 0 bridgehead atoms. The van der Waals surface area contributed by atoms with Crippen LogP contribution in [0, 0.1) is 0 Å². The van der Waals surface area contributed by atoms with Crippen molar-refractivity contribution in [2.75, 3.05) is 13.1 Å². The van der Waals surface area contributed by atoms with Crippen molar-refractivity contribution in [3.63, 3.8) is 0 Å². The Bertz CT molecular complexity index is 1150. The Morgan fingerprint density at radius 2 is 1.33 bits per heavy atom. The van der Waals surface area contributed by atoms with E-state index >= 15 is 0 Å². The van der Waals surface area contributed by atoms with Crippen LogP contribution < -0.4 is 10.6 Å². The lowest BCUT2D eigenvalue weighted by molar-refractivity contribution is 0.0927. The second kappa shape index (κ2) is 9.00. The molecule has 7 heteroatoms. The lowest BCUT2D eigenvalue weighted by Gasteiger charge is -2.08. The predicted molar refractivity (Wildman–Crippen MR) is 114 cm³/mol. The van der Waals surface area contributed by atoms with Gasteiger partial charge in [-0.1, -0.05) is 47.7 Å². The van der Waals surface area contributed by atoms with Gasteiger partial charge < -0.3 is 10.6 Å². The zero-order valence-corrected chi connectivity index (χ0v) is 16.3. The maximum Gasteiger partial charge on any atom is 0.251 e. The third-order valence-electron chi connectivity index (χ3n) is 4.70. The fourth-order valence-corrected chi connectivity index (χ4v) is 3.11. The van der Waals surface area contributed by atoms with Crippen molar-refractivity contribution in [1.29, 1.82) is 0 Å². The number of rotatable bonds is 7. The number of benzene rings is 3. The maximum absolute atomic E-state index is 12.3. The second-order valence-corrected chi connectivity index (χ2v) is 6.81. The minimum absolute atomic E-state index is 0.158. The molecule has 0 spiro atoms. The van der Waals surface area contributed by atoms with Gasteiger partial charge >= 0.3 is 0 Å². The summed E-state index contributed by atoms with van der Waals surface area (Å²) in [5.41, 5.74) is 4.01. The maximum atomic E-state index is 12.3. The second-order valence-electron chi connectivity index (χ2n) is 6.81. The zero-order chi connectivity index (χ0) is 20.8. The van der Waals surface area contributed by atoms with Gasteiger partial charge in [0.05, 0.1) is 12.1 Å². The molecule has 4 aromatic rings. The summed E-state index contributed by atoms with van der Waals surface area (Å²) in [4.78, 5) is 24.3. The monoisotopic (exact) mass is 399 g/mol. The van der Waals surface area contributed by atoms with E-state index in [0.29, 0.717) is 30.8 Å². The van der Waals surface area contributed by atoms with Gasteiger partial charge in [-0.15, -0.1) is 5.10 Å². The standard InChI is InChI=1S/C23H21N5O2/c29-22(18-6-2-1-3-7-18)24-14-15-25-23(30)19-12-10-17(11-13-19)16-28-21-9-5-4-8-20(21)26-27-28/h1-13H,14-16H2,(H,24,29)(H,25,30). The van der Waals surface area contributed by atoms with Crippen LogP contribution >= 0.6 is 0 Å². The average molecular weight is 399 g/mol. The zero-order valence-electron chi connectivity index (χ0n) is 16.3. The Morgan fingerprint density at radius 3 is 2.03 bits per heavy atom. The Morgan fingerprint density at radius 1 is 0.733 bits per heavy atom. The summed E-state index contributed by atoms with van der Waals surface area (Å²) < 4.78 is 1.83. The molecule has 0 aliphatic rings. The predicted octanol–water partition coefficient (Wildman–Crippen LogP) is 2.64. The normalized spacial score (nSPS) is 10.7. The van der Waals surface area contributed by atoms with Gasteiger partial charge in [0, 0.05) is 24.2 Å². The number of carbonyl (C=O) groups excluding carboxylic acids is 2. The van der Waals surface area contributed by atoms with Crippen LogP contribution in [0.5, 0.6) is 0 Å². The smallest absolute Gasteiger partial charge is 0.251 e. The fraction of sp³-hybridized carbons (Fsp3) is 0.130. The first-order valence-electron chi connectivity index (χ1n) is 9.69. The number of fused-ring (bicyclic) bond motifs is 1. The lowest BCUT2D eigenvalue weighted by Crippen LogP contribution is -2.34. The molecule has 0 fully saturated rings. The van der Waals surface area contributed by atoms with Crippen molar-refractivity contribution >= 4 is 22.8 Å². The van der Waals surface area contributed by atoms with E-state index in [-0.39, 0.29) is 11.8 Å². The third kappa shape index (κ3) is 4.52. The molecule has 3 aromatic carbocycles. The molecule has 1 aromatic heterocycles. The van der Waals surface area contributed by atoms with E-state index in [2.05, 4.69) is 20.9 Å². The number of carbonyl (C=O) groups is 2. The first kappa shape index (κ1) is 19.3. The van der Waals surface area contributed by atoms with Gasteiger partial charge in [0.15, 0.2) is 0 Å². The van der Waals surface area contributed by atoms with Crippen molar-refractivity contribution in [3.8, 4) is 0 Å². The van der Waals surface area contributed by atoms with Crippen LogP contribution in [-0.2, 0) is 6.54 Å². The van der Waals surface area contributed by atoms with Crippen molar-refractivity contribution in [3.05, 3.63) is 95.6 Å². The highest BCUT2D eigenvalue weighted by Gasteiger charge is 2.08. The van der Waals surface area contributed by atoms with Crippen LogP contribution in [0.4, 0.5) is 0 Å². The van der Waals surface area contributed by atoms with E-state index in [9.17, 15) is 9.59 Å². The number of nitrogens with one attached hydrogen (secondary N) is 2. The molecule has 0 saturated heterocycles. The summed E-state index contributed by atoms with van der Waals surface area (Å²) in [6.45, 7) is 1.29. The third-order valence-corrected chi connectivity index (χ3v) is 4.70. The average Bonchev–Trinajstić information content (AvgIpc) is 3.20. The summed E-state index contributed by atoms with van der Waals surface area (Å²) >= 11 is 0. The molecular formula is C23H21N5O2. The van der Waals surface area contributed by atoms with E-state index in [4.69, 9.17) is 0 Å². The molecule has 150 valence electrons. The topological polar surface area (TPSA) is 88.9 Å². The van der Waals surface area contributed by atoms with E-state index in [0.717, 1.165) is 16.6 Å². The molecule has 0 saturated carbocycles. The lowest BCUT2D eigenvalue weighted by atomic mass is 10.1. The molecule has 4 rings (SSSR count). The summed E-state index contributed by atoms with van der Waals surface area (Å²) in [5, 5.41) is 13.9. The number of hydrogen-bond acceptors (Lipinski definition) is 4. The molecule has 0 aliphatic carbocycles. The molecule has 0 atom stereocenters. The van der Waals surface area contributed by atoms with Gasteiger partial charge in [-0.3, -0.25) is 9.59 Å². The number of amides is 2. The molecule has 2 N–H and O–H groups in total. The first-order valence-corrected chi connectivity index (χ1v) is 9.69. The molecule has 2 amide bonds. The summed E-state index contributed by atoms with van der Waals surface area (Å²) in [7, 11) is 0. The minimum Gasteiger partial charge on any atom is -0.350 e. The largest absolute Gasteiger partial charge is 0.350 e. The number of para-hydroxylation sites is 1. The van der Waals surface area contributed by atoms with Gasteiger partial charge in [0.25, 0.3) is 11.8 Å². The highest BCUT2D eigenvalue weighted by molar-refractivity contribution is 5.95. The van der Waals surface area contributed by atoms with E-state index in [1.165, 1.54) is 0 Å². The Labute approximate surface area is 173 Å². The molecular weight excluding hydrogens is 378 g/mol. The molecule has 30 heavy (non-hydrogen) atoms. The highest BCUT2D eigenvalue weighted by Crippen LogP contribution is 2.13. The van der Waals surface area contributed by atoms with E-state index in [1.54, 1.807) is 24.3 Å². The Hall–Kier alpha value is -4.00. The van der Waals surface area contributed by atoms with Crippen molar-refractivity contribution in [2.45, 2.75) is 6.54 Å². The molecule has 0 aliphatic heterocycles. The molecule has 0 unspecified atom stereocenters. The van der Waals surface area contributed by atoms with Crippen molar-refractivity contribution < 1.29 is 9.59 Å². The first-order chi connectivity index (χ1) is 14.7. The van der Waals surface area contributed by atoms with Gasteiger partial charge in [-0.05, 0) is 42.0 Å². The molecule has 7 nitrogen and oxygen atoms in total. The van der Waals surface area contributed by atoms with Gasteiger partial charge in [-0.25, -0.2) is 4.68 Å². The number of hydrogen-bond donors (Lipinski definition) is 2. The van der Waals surface area contributed by atoms with Crippen LogP contribution in [0.1, 0.15) is 26.3 Å². The van der Waals surface area contributed by atoms with Crippen molar-refractivity contribution in [1.82, 2.24) is 25.6 Å². The molecule has 0 radical (unpaired) electrons. The highest BCUT2D eigenvalue weighted by atomic mass is 16.2. The van der Waals surface area contributed by atoms with Gasteiger partial charge in [-0.2, -0.15) is 0 Å². The van der Waals surface area contributed by atoms with Gasteiger partial charge in [0.1, 0.15) is 5.52 Å². The summed E-state index contributed by atoms with van der Waals surface area (Å²) in [6, 6.07) is 24.1. The van der Waals surface area contributed by atoms with Crippen LogP contribution in [0.15, 0.2) is 78.9 Å². The van der Waals surface area contributed by atoms with E-state index < -0.39 is 0 Å². The SMILES string of the molecule is O=C(NCCNC(=O)c1ccc(Cn2nnc3ccccc32)cc1)c1ccccc1. The Kier molecular flexibility index (Phi) is 5.80. The summed E-state index contributed by atoms with van der Waals surface area (Å²) in [6.07, 6.45) is 0. The molecule has 1 heterocycles. The van der Waals surface area contributed by atoms with Crippen molar-refractivity contribution in [2.24, 2.45) is 0 Å². The fourth-order valence-electron chi connectivity index (χ4n) is 3.11. The number of nitrogens with zero attached hydrogens (tertiary/aromatic N) is 3. The van der Waals surface area contributed by atoms with Crippen LogP contribution in [-0.4, -0.2) is 39.9 Å². The minimum atomic E-state index is -0.179.